The van der Waals surface area contributed by atoms with E-state index in [0.29, 0.717) is 43.2 Å². The SMILES string of the molecule is C=C(C)C(=O)OCCCCCCCCCCOC(=O)CCCC1NC(=S)NC1=O. The van der Waals surface area contributed by atoms with Gasteiger partial charge in [0.25, 0.3) is 0 Å². The Morgan fingerprint density at radius 2 is 1.52 bits per heavy atom. The summed E-state index contributed by atoms with van der Waals surface area (Å²) in [6.07, 6.45) is 9.96. The van der Waals surface area contributed by atoms with Gasteiger partial charge in [-0.3, -0.25) is 9.59 Å². The summed E-state index contributed by atoms with van der Waals surface area (Å²) in [7, 11) is 0. The number of nitrogens with one attached hydrogen (secondary N) is 2. The lowest BCUT2D eigenvalue weighted by molar-refractivity contribution is -0.144. The smallest absolute Gasteiger partial charge is 0.333 e. The summed E-state index contributed by atoms with van der Waals surface area (Å²) in [4.78, 5) is 34.4. The highest BCUT2D eigenvalue weighted by Gasteiger charge is 2.26. The molecule has 8 heteroatoms. The Morgan fingerprint density at radius 1 is 0.966 bits per heavy atom. The minimum atomic E-state index is -0.332. The first-order valence-electron chi connectivity index (χ1n) is 10.5. The maximum absolute atomic E-state index is 11.7. The number of thiocarbonyl (C=S) groups is 1. The molecule has 1 unspecified atom stereocenters. The van der Waals surface area contributed by atoms with E-state index in [1.54, 1.807) is 6.92 Å². The lowest BCUT2D eigenvalue weighted by atomic mass is 10.1. The van der Waals surface area contributed by atoms with Crippen molar-refractivity contribution in [2.45, 2.75) is 83.6 Å². The van der Waals surface area contributed by atoms with Crippen LogP contribution in [-0.4, -0.2) is 42.2 Å². The number of amides is 1. The zero-order valence-electron chi connectivity index (χ0n) is 17.4. The van der Waals surface area contributed by atoms with Crippen LogP contribution in [0.15, 0.2) is 12.2 Å². The standard InChI is InChI=1S/C21H34N2O5S/c1-16(2)20(26)28-15-10-8-6-4-3-5-7-9-14-27-18(24)13-11-12-17-19(25)23-21(29)22-17/h17H,1,3-15H2,2H3,(H2,22,23,25,29). The molecule has 1 saturated heterocycles. The van der Waals surface area contributed by atoms with E-state index in [1.165, 1.54) is 6.42 Å². The molecule has 164 valence electrons. The van der Waals surface area contributed by atoms with Crippen molar-refractivity contribution in [1.82, 2.24) is 10.6 Å². The second kappa shape index (κ2) is 15.0. The highest BCUT2D eigenvalue weighted by atomic mass is 32.1. The maximum Gasteiger partial charge on any atom is 0.333 e. The van der Waals surface area contributed by atoms with Crippen molar-refractivity contribution in [3.63, 3.8) is 0 Å². The van der Waals surface area contributed by atoms with Crippen molar-refractivity contribution >= 4 is 35.2 Å². The van der Waals surface area contributed by atoms with E-state index < -0.39 is 0 Å². The van der Waals surface area contributed by atoms with Crippen LogP contribution < -0.4 is 10.6 Å². The molecule has 0 aromatic rings. The molecule has 1 amide bonds. The molecule has 1 aliphatic rings. The van der Waals surface area contributed by atoms with Gasteiger partial charge in [-0.25, -0.2) is 4.79 Å². The fourth-order valence-corrected chi connectivity index (χ4v) is 3.17. The van der Waals surface area contributed by atoms with Crippen LogP contribution >= 0.6 is 12.2 Å². The zero-order valence-corrected chi connectivity index (χ0v) is 18.2. The third kappa shape index (κ3) is 12.3. The lowest BCUT2D eigenvalue weighted by Crippen LogP contribution is -2.28. The van der Waals surface area contributed by atoms with Gasteiger partial charge in [0.1, 0.15) is 6.04 Å². The predicted octanol–water partition coefficient (Wildman–Crippen LogP) is 3.31. The Labute approximate surface area is 179 Å². The molecule has 1 fully saturated rings. The van der Waals surface area contributed by atoms with Gasteiger partial charge in [0.15, 0.2) is 5.11 Å². The summed E-state index contributed by atoms with van der Waals surface area (Å²) < 4.78 is 10.3. The fourth-order valence-electron chi connectivity index (χ4n) is 2.92. The summed E-state index contributed by atoms with van der Waals surface area (Å²) >= 11 is 4.87. The Kier molecular flexibility index (Phi) is 12.9. The molecular weight excluding hydrogens is 392 g/mol. The first-order chi connectivity index (χ1) is 13.9. The Hall–Kier alpha value is -1.96. The van der Waals surface area contributed by atoms with Gasteiger partial charge in [0, 0.05) is 12.0 Å². The van der Waals surface area contributed by atoms with Gasteiger partial charge in [0.2, 0.25) is 5.91 Å². The van der Waals surface area contributed by atoms with Crippen LogP contribution in [-0.2, 0) is 23.9 Å². The number of hydrogen-bond donors (Lipinski definition) is 2. The third-order valence-corrected chi connectivity index (χ3v) is 4.84. The van der Waals surface area contributed by atoms with Gasteiger partial charge in [-0.05, 0) is 44.8 Å². The summed E-state index contributed by atoms with van der Waals surface area (Å²) in [5.74, 6) is -0.651. The summed E-state index contributed by atoms with van der Waals surface area (Å²) in [6, 6.07) is -0.332. The monoisotopic (exact) mass is 426 g/mol. The zero-order chi connectivity index (χ0) is 21.5. The van der Waals surface area contributed by atoms with Crippen LogP contribution in [0.4, 0.5) is 0 Å². The van der Waals surface area contributed by atoms with Gasteiger partial charge in [-0.15, -0.1) is 0 Å². The molecule has 1 atom stereocenters. The van der Waals surface area contributed by atoms with E-state index in [4.69, 9.17) is 21.7 Å². The number of hydrogen-bond acceptors (Lipinski definition) is 6. The number of esters is 2. The molecule has 0 radical (unpaired) electrons. The van der Waals surface area contributed by atoms with Crippen LogP contribution in [0.3, 0.4) is 0 Å². The molecule has 0 aromatic heterocycles. The van der Waals surface area contributed by atoms with Crippen LogP contribution in [0.2, 0.25) is 0 Å². The molecule has 0 spiro atoms. The number of ether oxygens (including phenoxy) is 2. The van der Waals surface area contributed by atoms with Crippen LogP contribution in [0.25, 0.3) is 0 Å². The number of carbonyl (C=O) groups excluding carboxylic acids is 3. The van der Waals surface area contributed by atoms with Crippen molar-refractivity contribution in [3.8, 4) is 0 Å². The Balaban J connectivity index is 1.83. The maximum atomic E-state index is 11.7. The molecule has 0 aromatic carbocycles. The molecule has 7 nitrogen and oxygen atoms in total. The average molecular weight is 427 g/mol. The molecule has 0 bridgehead atoms. The van der Waals surface area contributed by atoms with E-state index in [0.717, 1.165) is 44.9 Å². The third-order valence-electron chi connectivity index (χ3n) is 4.62. The molecular formula is C21H34N2O5S. The van der Waals surface area contributed by atoms with Gasteiger partial charge >= 0.3 is 11.9 Å². The van der Waals surface area contributed by atoms with Crippen molar-refractivity contribution in [2.75, 3.05) is 13.2 Å². The molecule has 2 N–H and O–H groups in total. The Morgan fingerprint density at radius 3 is 2.03 bits per heavy atom. The summed E-state index contributed by atoms with van der Waals surface area (Å²) in [5.41, 5.74) is 0.441. The van der Waals surface area contributed by atoms with Crippen molar-refractivity contribution in [3.05, 3.63) is 12.2 Å². The minimum Gasteiger partial charge on any atom is -0.466 e. The van der Waals surface area contributed by atoms with Gasteiger partial charge in [0.05, 0.1) is 13.2 Å². The van der Waals surface area contributed by atoms with E-state index in [1.807, 2.05) is 0 Å². The van der Waals surface area contributed by atoms with Crippen molar-refractivity contribution in [1.29, 1.82) is 0 Å². The van der Waals surface area contributed by atoms with Crippen molar-refractivity contribution < 1.29 is 23.9 Å². The quantitative estimate of drug-likeness (QED) is 0.169. The molecule has 0 aliphatic carbocycles. The molecule has 29 heavy (non-hydrogen) atoms. The van der Waals surface area contributed by atoms with E-state index >= 15 is 0 Å². The molecule has 1 aliphatic heterocycles. The van der Waals surface area contributed by atoms with Gasteiger partial charge in [-0.2, -0.15) is 0 Å². The van der Waals surface area contributed by atoms with E-state index in [9.17, 15) is 14.4 Å². The number of carbonyl (C=O) groups is 3. The minimum absolute atomic E-state index is 0.130. The van der Waals surface area contributed by atoms with E-state index in [2.05, 4.69) is 17.2 Å². The normalized spacial score (nSPS) is 15.6. The van der Waals surface area contributed by atoms with Gasteiger partial charge in [-0.1, -0.05) is 45.1 Å². The van der Waals surface area contributed by atoms with Crippen LogP contribution in [0, 0.1) is 0 Å². The van der Waals surface area contributed by atoms with Gasteiger partial charge < -0.3 is 20.1 Å². The second-order valence-corrected chi connectivity index (χ2v) is 7.78. The fraction of sp³-hybridized carbons (Fsp3) is 0.714. The topological polar surface area (TPSA) is 93.7 Å². The van der Waals surface area contributed by atoms with Crippen LogP contribution in [0.5, 0.6) is 0 Å². The van der Waals surface area contributed by atoms with E-state index in [-0.39, 0.29) is 23.9 Å². The van der Waals surface area contributed by atoms with Crippen LogP contribution in [0.1, 0.15) is 77.6 Å². The molecule has 1 heterocycles. The Bertz CT molecular complexity index is 579. The molecule has 1 rings (SSSR count). The summed E-state index contributed by atoms with van der Waals surface area (Å²) in [6.45, 7) is 6.12. The highest BCUT2D eigenvalue weighted by molar-refractivity contribution is 7.80. The first kappa shape index (κ1) is 25.1. The predicted molar refractivity (Wildman–Crippen MR) is 115 cm³/mol. The summed E-state index contributed by atoms with van der Waals surface area (Å²) in [5, 5.41) is 5.76. The number of rotatable bonds is 16. The highest BCUT2D eigenvalue weighted by Crippen LogP contribution is 2.10. The lowest BCUT2D eigenvalue weighted by Gasteiger charge is -2.08. The first-order valence-corrected chi connectivity index (χ1v) is 10.9. The second-order valence-electron chi connectivity index (χ2n) is 7.37. The largest absolute Gasteiger partial charge is 0.466 e. The van der Waals surface area contributed by atoms with Crippen molar-refractivity contribution in [2.24, 2.45) is 0 Å². The average Bonchev–Trinajstić information content (AvgIpc) is 2.99. The number of unbranched alkanes of at least 4 members (excludes halogenated alkanes) is 7. The molecule has 0 saturated carbocycles.